The lowest BCUT2D eigenvalue weighted by Crippen LogP contribution is -1.93. The molecule has 0 aliphatic rings. The Bertz CT molecular complexity index is 3730. The Morgan fingerprint density at radius 2 is 0.672 bits per heavy atom. The second-order valence-corrected chi connectivity index (χ2v) is 17.5. The number of rotatable bonds is 4. The van der Waals surface area contributed by atoms with Crippen LogP contribution in [0.25, 0.3) is 118 Å². The molecule has 4 heteroatoms. The molecule has 0 fully saturated rings. The zero-order valence-electron chi connectivity index (χ0n) is 31.2. The summed E-state index contributed by atoms with van der Waals surface area (Å²) in [4.78, 5) is 0. The molecule has 0 saturated carbocycles. The van der Waals surface area contributed by atoms with Crippen molar-refractivity contribution in [3.63, 3.8) is 0 Å². The van der Waals surface area contributed by atoms with Crippen LogP contribution in [0.2, 0.25) is 0 Å². The number of benzene rings is 9. The number of hydrogen-bond donors (Lipinski definition) is 0. The smallest absolute Gasteiger partial charge is 0.0541 e. The first-order valence-electron chi connectivity index (χ1n) is 19.7. The van der Waals surface area contributed by atoms with Crippen LogP contribution in [0.5, 0.6) is 0 Å². The monoisotopic (exact) mass is 772 g/mol. The van der Waals surface area contributed by atoms with Gasteiger partial charge >= 0.3 is 0 Å². The van der Waals surface area contributed by atoms with E-state index in [2.05, 4.69) is 203 Å². The molecule has 0 amide bonds. The number of fused-ring (bicyclic) bond motifs is 12. The van der Waals surface area contributed by atoms with Crippen LogP contribution >= 0.6 is 22.7 Å². The fraction of sp³-hybridized carbons (Fsp3) is 0. The van der Waals surface area contributed by atoms with E-state index in [1.165, 1.54) is 118 Å². The molecular weight excluding hydrogens is 741 g/mol. The number of hydrogen-bond acceptors (Lipinski definition) is 2. The fourth-order valence-corrected chi connectivity index (χ4v) is 11.6. The third kappa shape index (κ3) is 4.70. The Labute approximate surface area is 341 Å². The Hall–Kier alpha value is -6.98. The Morgan fingerprint density at radius 1 is 0.241 bits per heavy atom. The van der Waals surface area contributed by atoms with Crippen molar-refractivity contribution in [1.29, 1.82) is 0 Å². The molecule has 0 aliphatic carbocycles. The Morgan fingerprint density at radius 3 is 1.29 bits per heavy atom. The summed E-state index contributed by atoms with van der Waals surface area (Å²) in [5.41, 5.74) is 12.2. The number of aromatic nitrogens is 2. The minimum Gasteiger partial charge on any atom is -0.309 e. The van der Waals surface area contributed by atoms with Crippen LogP contribution in [-0.4, -0.2) is 9.13 Å². The average molecular weight is 773 g/mol. The second-order valence-electron chi connectivity index (χ2n) is 15.3. The Balaban J connectivity index is 0.959. The van der Waals surface area contributed by atoms with Gasteiger partial charge in [0.05, 0.1) is 22.1 Å². The lowest BCUT2D eigenvalue weighted by atomic mass is 9.99. The highest BCUT2D eigenvalue weighted by atomic mass is 32.1. The highest BCUT2D eigenvalue weighted by Crippen LogP contribution is 2.44. The van der Waals surface area contributed by atoms with Gasteiger partial charge in [-0.25, -0.2) is 0 Å². The number of thiophene rings is 2. The van der Waals surface area contributed by atoms with E-state index < -0.39 is 0 Å². The molecule has 13 aromatic rings. The van der Waals surface area contributed by atoms with Gasteiger partial charge in [-0.3, -0.25) is 0 Å². The van der Waals surface area contributed by atoms with Crippen molar-refractivity contribution >= 4 is 107 Å². The summed E-state index contributed by atoms with van der Waals surface area (Å²) in [6, 6.07) is 71.8. The molecule has 0 atom stereocenters. The molecule has 0 radical (unpaired) electrons. The largest absolute Gasteiger partial charge is 0.309 e. The highest BCUT2D eigenvalue weighted by Gasteiger charge is 2.18. The molecule has 0 bridgehead atoms. The van der Waals surface area contributed by atoms with Crippen LogP contribution in [0.4, 0.5) is 0 Å². The minimum atomic E-state index is 1.17. The molecule has 58 heavy (non-hydrogen) atoms. The first-order chi connectivity index (χ1) is 28.7. The molecule has 4 heterocycles. The minimum absolute atomic E-state index is 1.17. The summed E-state index contributed by atoms with van der Waals surface area (Å²) >= 11 is 3.80. The van der Waals surface area contributed by atoms with E-state index in [0.717, 1.165) is 0 Å². The summed E-state index contributed by atoms with van der Waals surface area (Å²) in [7, 11) is 0. The summed E-state index contributed by atoms with van der Waals surface area (Å²) in [5.74, 6) is 0. The zero-order chi connectivity index (χ0) is 37.9. The van der Waals surface area contributed by atoms with Gasteiger partial charge in [-0.05, 0) is 113 Å². The van der Waals surface area contributed by atoms with Crippen LogP contribution in [0.1, 0.15) is 0 Å². The van der Waals surface area contributed by atoms with Gasteiger partial charge in [-0.15, -0.1) is 22.7 Å². The van der Waals surface area contributed by atoms with Crippen molar-refractivity contribution in [2.45, 2.75) is 0 Å². The second kappa shape index (κ2) is 12.3. The molecule has 9 aromatic carbocycles. The molecule has 4 aromatic heterocycles. The summed E-state index contributed by atoms with van der Waals surface area (Å²) < 4.78 is 10.1. The molecule has 0 saturated heterocycles. The summed E-state index contributed by atoms with van der Waals surface area (Å²) in [5, 5.41) is 10.4. The molecule has 270 valence electrons. The average Bonchev–Trinajstić information content (AvgIpc) is 4.02. The van der Waals surface area contributed by atoms with Gasteiger partial charge in [0.2, 0.25) is 0 Å². The van der Waals surface area contributed by atoms with E-state index in [0.29, 0.717) is 0 Å². The van der Waals surface area contributed by atoms with E-state index in [4.69, 9.17) is 0 Å². The van der Waals surface area contributed by atoms with Gasteiger partial charge in [0.15, 0.2) is 0 Å². The van der Waals surface area contributed by atoms with Crippen molar-refractivity contribution in [3.8, 4) is 33.6 Å². The standard InChI is InChI=1S/C54H32N2S2/c1-3-11-33(12-4-1)34-19-23-49-41(27-34)42-28-35(20-24-50(42)55(49)37-13-5-2-6-14-37)36-21-25-51-43(29-36)45-31-54-46(32-53(45)57-51)44-30-38(22-26-52(44)58-54)56-47-17-9-7-15-39(47)40-16-8-10-18-48(40)56/h1-32H. The number of nitrogens with zero attached hydrogens (tertiary/aromatic N) is 2. The summed E-state index contributed by atoms with van der Waals surface area (Å²) in [6.45, 7) is 0. The van der Waals surface area contributed by atoms with Gasteiger partial charge in [-0.1, -0.05) is 103 Å². The molecule has 0 unspecified atom stereocenters. The van der Waals surface area contributed by atoms with Crippen LogP contribution < -0.4 is 0 Å². The lowest BCUT2D eigenvalue weighted by Gasteiger charge is -2.08. The summed E-state index contributed by atoms with van der Waals surface area (Å²) in [6.07, 6.45) is 0. The van der Waals surface area contributed by atoms with Crippen LogP contribution in [0.3, 0.4) is 0 Å². The zero-order valence-corrected chi connectivity index (χ0v) is 32.8. The van der Waals surface area contributed by atoms with E-state index >= 15 is 0 Å². The normalized spacial score (nSPS) is 12.1. The van der Waals surface area contributed by atoms with Crippen molar-refractivity contribution in [2.75, 3.05) is 0 Å². The van der Waals surface area contributed by atoms with Gasteiger partial charge in [0.1, 0.15) is 0 Å². The van der Waals surface area contributed by atoms with E-state index in [-0.39, 0.29) is 0 Å². The molecule has 0 aliphatic heterocycles. The molecule has 13 rings (SSSR count). The highest BCUT2D eigenvalue weighted by molar-refractivity contribution is 7.27. The fourth-order valence-electron chi connectivity index (χ4n) is 9.42. The van der Waals surface area contributed by atoms with Gasteiger partial charge in [0.25, 0.3) is 0 Å². The van der Waals surface area contributed by atoms with Crippen LogP contribution in [0.15, 0.2) is 194 Å². The maximum Gasteiger partial charge on any atom is 0.0541 e. The van der Waals surface area contributed by atoms with Gasteiger partial charge in [-0.2, -0.15) is 0 Å². The van der Waals surface area contributed by atoms with Crippen molar-refractivity contribution in [1.82, 2.24) is 9.13 Å². The van der Waals surface area contributed by atoms with Crippen LogP contribution in [0, 0.1) is 0 Å². The lowest BCUT2D eigenvalue weighted by molar-refractivity contribution is 1.18. The Kier molecular flexibility index (Phi) is 6.79. The van der Waals surface area contributed by atoms with Gasteiger partial charge in [0, 0.05) is 73.3 Å². The topological polar surface area (TPSA) is 9.86 Å². The maximum absolute atomic E-state index is 2.44. The van der Waals surface area contributed by atoms with Crippen molar-refractivity contribution in [2.24, 2.45) is 0 Å². The first kappa shape index (κ1) is 32.1. The van der Waals surface area contributed by atoms with Crippen molar-refractivity contribution in [3.05, 3.63) is 194 Å². The van der Waals surface area contributed by atoms with Crippen LogP contribution in [-0.2, 0) is 0 Å². The molecule has 0 spiro atoms. The third-order valence-electron chi connectivity index (χ3n) is 12.1. The maximum atomic E-state index is 2.44. The third-order valence-corrected chi connectivity index (χ3v) is 14.4. The predicted octanol–water partition coefficient (Wildman–Crippen LogP) is 16.0. The molecule has 0 N–H and O–H groups in total. The molecule has 2 nitrogen and oxygen atoms in total. The number of para-hydroxylation sites is 3. The van der Waals surface area contributed by atoms with Gasteiger partial charge < -0.3 is 9.13 Å². The van der Waals surface area contributed by atoms with E-state index in [1.807, 2.05) is 22.7 Å². The first-order valence-corrected chi connectivity index (χ1v) is 21.4. The van der Waals surface area contributed by atoms with E-state index in [1.54, 1.807) is 0 Å². The predicted molar refractivity (Wildman–Crippen MR) is 252 cm³/mol. The quantitative estimate of drug-likeness (QED) is 0.169. The molecular formula is C54H32N2S2. The van der Waals surface area contributed by atoms with E-state index in [9.17, 15) is 0 Å². The SMILES string of the molecule is c1ccc(-c2ccc3c(c2)c2cc(-c4ccc5sc6cc7c(cc6c5c4)sc4ccc(-n5c6ccccc6c6ccccc65)cc47)ccc2n3-c2ccccc2)cc1. The van der Waals surface area contributed by atoms with Crippen molar-refractivity contribution < 1.29 is 0 Å².